The molecule has 6 nitrogen and oxygen atoms in total. The highest BCUT2D eigenvalue weighted by Crippen LogP contribution is 2.50. The molecule has 0 saturated heterocycles. The molecule has 0 spiro atoms. The van der Waals surface area contributed by atoms with E-state index in [-0.39, 0.29) is 5.66 Å². The van der Waals surface area contributed by atoms with Gasteiger partial charge < -0.3 is 9.80 Å². The molecule has 5 aromatic carbocycles. The molecule has 362 valence electrons. The van der Waals surface area contributed by atoms with Crippen LogP contribution in [0, 0.1) is 0 Å². The number of fused-ring (bicyclic) bond motifs is 1. The summed E-state index contributed by atoms with van der Waals surface area (Å²) in [6.07, 6.45) is 35.4. The molecule has 1 aliphatic rings. The second-order valence-corrected chi connectivity index (χ2v) is 20.0. The Morgan fingerprint density at radius 3 is 1.31 bits per heavy atom. The first-order chi connectivity index (χ1) is 33.0. The molecule has 0 bridgehead atoms. The predicted octanol–water partition coefficient (Wildman–Crippen LogP) is 20.9. The van der Waals surface area contributed by atoms with Crippen LogP contribution in [0.3, 0.4) is 0 Å². The Labute approximate surface area is 407 Å². The summed E-state index contributed by atoms with van der Waals surface area (Å²) in [5.74, 6) is 0. The van der Waals surface area contributed by atoms with E-state index in [9.17, 15) is 0 Å². The Bertz CT molecular complexity index is 2210. The predicted molar refractivity (Wildman–Crippen MR) is 292 cm³/mol. The molecule has 1 heterocycles. The highest BCUT2D eigenvalue weighted by molar-refractivity contribution is 6.10. The van der Waals surface area contributed by atoms with Gasteiger partial charge in [0.05, 0.1) is 22.7 Å². The minimum atomic E-state index is -0.0908. The van der Waals surface area contributed by atoms with Gasteiger partial charge in [-0.05, 0) is 93.5 Å². The molecule has 0 aromatic heterocycles. The molecule has 1 unspecified atom stereocenters. The number of hydrogen-bond donors (Lipinski definition) is 0. The molecule has 0 radical (unpaired) electrons. The summed E-state index contributed by atoms with van der Waals surface area (Å²) < 4.78 is 0. The number of hydrogen-bond acceptors (Lipinski definition) is 6. The van der Waals surface area contributed by atoms with Crippen LogP contribution in [0.2, 0.25) is 0 Å². The lowest BCUT2D eigenvalue weighted by molar-refractivity contribution is 0.341. The zero-order valence-corrected chi connectivity index (χ0v) is 42.8. The van der Waals surface area contributed by atoms with Crippen LogP contribution in [0.4, 0.5) is 34.1 Å². The maximum atomic E-state index is 5.09. The van der Waals surface area contributed by atoms with Crippen molar-refractivity contribution in [1.29, 1.82) is 0 Å². The summed E-state index contributed by atoms with van der Waals surface area (Å²) >= 11 is 0. The topological polar surface area (TPSA) is 55.9 Å². The largest absolute Gasteiger partial charge is 0.348 e. The minimum Gasteiger partial charge on any atom is -0.348 e. The molecule has 0 fully saturated rings. The zero-order chi connectivity index (χ0) is 46.9. The zero-order valence-electron chi connectivity index (χ0n) is 42.8. The third-order valence-corrected chi connectivity index (χ3v) is 14.6. The molecule has 0 aliphatic carbocycles. The molecular weight excluding hydrogens is 817 g/mol. The van der Waals surface area contributed by atoms with Crippen LogP contribution in [0.1, 0.15) is 207 Å². The first kappa shape index (κ1) is 51.8. The molecule has 0 amide bonds. The smallest absolute Gasteiger partial charge is 0.110 e. The van der Waals surface area contributed by atoms with Gasteiger partial charge in [-0.2, -0.15) is 5.11 Å². The number of aryl methyl sites for hydroxylation is 1. The molecule has 6 rings (SSSR count). The molecular formula is C61H88N6. The summed E-state index contributed by atoms with van der Waals surface area (Å²) in [4.78, 5) is 5.69. The van der Waals surface area contributed by atoms with Crippen molar-refractivity contribution in [2.75, 3.05) is 22.9 Å². The number of benzene rings is 5. The standard InChI is InChI=1S/C61H88N6/c1-6-10-14-17-20-21-22-23-24-25-30-47-61(5)66(48-31-26-18-15-11-7-2)58-38-33-37-54-57(45-46-59(60(54)58)67(61)49-32-27-19-16-12-8-3)65-64-56-44-43-55(52-35-28-29-36-53(52)56)63-62-51-41-39-50(40-42-51)34-13-9-4/h28-29,33,35-46H,6-27,30-32,34,47-49H2,1-5H3. The van der Waals surface area contributed by atoms with Gasteiger partial charge >= 0.3 is 0 Å². The lowest BCUT2D eigenvalue weighted by atomic mass is 9.90. The van der Waals surface area contributed by atoms with Crippen molar-refractivity contribution in [3.63, 3.8) is 0 Å². The first-order valence-corrected chi connectivity index (χ1v) is 27.6. The van der Waals surface area contributed by atoms with Gasteiger partial charge in [0.2, 0.25) is 0 Å². The number of anilines is 2. The maximum absolute atomic E-state index is 5.09. The third kappa shape index (κ3) is 15.0. The Morgan fingerprint density at radius 1 is 0.373 bits per heavy atom. The van der Waals surface area contributed by atoms with E-state index < -0.39 is 0 Å². The summed E-state index contributed by atoms with van der Waals surface area (Å²) in [7, 11) is 0. The number of nitrogens with zero attached hydrogens (tertiary/aromatic N) is 6. The minimum absolute atomic E-state index is 0.0908. The number of unbranched alkanes of at least 4 members (excludes halogenated alkanes) is 21. The maximum Gasteiger partial charge on any atom is 0.110 e. The molecule has 1 aliphatic heterocycles. The van der Waals surface area contributed by atoms with Gasteiger partial charge in [0.15, 0.2) is 0 Å². The number of azo groups is 2. The van der Waals surface area contributed by atoms with Crippen molar-refractivity contribution >= 4 is 55.7 Å². The Morgan fingerprint density at radius 2 is 0.791 bits per heavy atom. The fourth-order valence-corrected chi connectivity index (χ4v) is 10.5. The molecule has 1 atom stereocenters. The second kappa shape index (κ2) is 28.7. The fraction of sp³-hybridized carbons (Fsp3) is 0.574. The molecule has 5 aromatic rings. The highest BCUT2D eigenvalue weighted by Gasteiger charge is 2.42. The quantitative estimate of drug-likeness (QED) is 0.0311. The average Bonchev–Trinajstić information content (AvgIpc) is 3.35. The van der Waals surface area contributed by atoms with Gasteiger partial charge in [-0.15, -0.1) is 15.3 Å². The Kier molecular flexibility index (Phi) is 22.2. The summed E-state index contributed by atoms with van der Waals surface area (Å²) in [6.45, 7) is 13.9. The Hall–Kier alpha value is -4.58. The van der Waals surface area contributed by atoms with Crippen LogP contribution >= 0.6 is 0 Å². The lowest BCUT2D eigenvalue weighted by Gasteiger charge is -2.55. The molecule has 6 heteroatoms. The molecule has 0 saturated carbocycles. The van der Waals surface area contributed by atoms with Gasteiger partial charge in [0.25, 0.3) is 0 Å². The SMILES string of the molecule is CCCCCCCCCCCCCC1(C)N(CCCCCCCC)c2cccc3c(N=Nc4ccc(N=Nc5ccc(CCCC)cc5)c5ccccc45)ccc(c23)N1CCCCCCCC. The van der Waals surface area contributed by atoms with Crippen LogP contribution in [-0.4, -0.2) is 18.8 Å². The third-order valence-electron chi connectivity index (χ3n) is 14.6. The first-order valence-electron chi connectivity index (χ1n) is 27.6. The summed E-state index contributed by atoms with van der Waals surface area (Å²) in [5, 5.41) is 24.0. The lowest BCUT2D eigenvalue weighted by Crippen LogP contribution is -2.62. The monoisotopic (exact) mass is 905 g/mol. The normalized spacial score (nSPS) is 15.1. The van der Waals surface area contributed by atoms with Crippen molar-refractivity contribution in [3.05, 3.63) is 96.6 Å². The molecule has 0 N–H and O–H groups in total. The van der Waals surface area contributed by atoms with E-state index in [4.69, 9.17) is 15.3 Å². The van der Waals surface area contributed by atoms with Crippen molar-refractivity contribution in [2.45, 2.75) is 214 Å². The van der Waals surface area contributed by atoms with Crippen LogP contribution in [-0.2, 0) is 6.42 Å². The summed E-state index contributed by atoms with van der Waals surface area (Å²) in [5.41, 5.74) is 7.46. The van der Waals surface area contributed by atoms with Gasteiger partial charge in [0, 0.05) is 46.0 Å². The Balaban J connectivity index is 1.27. The van der Waals surface area contributed by atoms with Crippen molar-refractivity contribution < 1.29 is 0 Å². The van der Waals surface area contributed by atoms with Crippen LogP contribution in [0.25, 0.3) is 21.5 Å². The van der Waals surface area contributed by atoms with Gasteiger partial charge in [-0.3, -0.25) is 0 Å². The van der Waals surface area contributed by atoms with Gasteiger partial charge in [-0.25, -0.2) is 0 Å². The van der Waals surface area contributed by atoms with Gasteiger partial charge in [0.1, 0.15) is 5.66 Å². The average molecular weight is 905 g/mol. The van der Waals surface area contributed by atoms with E-state index in [0.717, 1.165) is 53.0 Å². The van der Waals surface area contributed by atoms with E-state index in [2.05, 4.69) is 128 Å². The van der Waals surface area contributed by atoms with E-state index in [1.54, 1.807) is 0 Å². The van der Waals surface area contributed by atoms with E-state index in [1.807, 2.05) is 12.1 Å². The fourth-order valence-electron chi connectivity index (χ4n) is 10.5. The van der Waals surface area contributed by atoms with E-state index in [0.29, 0.717) is 0 Å². The number of rotatable bonds is 33. The molecule has 67 heavy (non-hydrogen) atoms. The van der Waals surface area contributed by atoms with Crippen molar-refractivity contribution in [1.82, 2.24) is 0 Å². The van der Waals surface area contributed by atoms with E-state index >= 15 is 0 Å². The van der Waals surface area contributed by atoms with Crippen LogP contribution in [0.15, 0.2) is 111 Å². The summed E-state index contributed by atoms with van der Waals surface area (Å²) in [6, 6.07) is 32.5. The van der Waals surface area contributed by atoms with Gasteiger partial charge in [-0.1, -0.05) is 211 Å². The van der Waals surface area contributed by atoms with Crippen LogP contribution < -0.4 is 9.80 Å². The second-order valence-electron chi connectivity index (χ2n) is 20.0. The van der Waals surface area contributed by atoms with Crippen LogP contribution in [0.5, 0.6) is 0 Å². The highest BCUT2D eigenvalue weighted by atomic mass is 15.4. The van der Waals surface area contributed by atoms with E-state index in [1.165, 1.54) is 195 Å². The van der Waals surface area contributed by atoms with Crippen molar-refractivity contribution in [2.24, 2.45) is 20.5 Å². The van der Waals surface area contributed by atoms with Crippen molar-refractivity contribution in [3.8, 4) is 0 Å².